The lowest BCUT2D eigenvalue weighted by Gasteiger charge is -2.05. The molecule has 3 rings (SSSR count). The van der Waals surface area contributed by atoms with Crippen LogP contribution in [0.15, 0.2) is 58.6 Å². The van der Waals surface area contributed by atoms with Gasteiger partial charge in [0.1, 0.15) is 5.82 Å². The van der Waals surface area contributed by atoms with Gasteiger partial charge in [-0.15, -0.1) is 16.9 Å². The maximum atomic E-state index is 13.7. The second-order valence-corrected chi connectivity index (χ2v) is 6.84. The maximum Gasteiger partial charge on any atom is 0.234 e. The first-order valence-electron chi connectivity index (χ1n) is 7.39. The Balaban J connectivity index is 1.58. The fourth-order valence-corrected chi connectivity index (χ4v) is 3.17. The van der Waals surface area contributed by atoms with Crippen LogP contribution in [0.5, 0.6) is 0 Å². The Bertz CT molecular complexity index is 884. The standard InChI is InChI=1S/C17H15FN4OS2/c1-24-12-6-4-5-11(9-12)19-15(23)10-25-17-20-16(21-22-17)13-7-2-3-8-14(13)18/h2-9H,10H2,1H3,(H,19,23)(H,20,21,22). The van der Waals surface area contributed by atoms with Crippen molar-refractivity contribution in [2.75, 3.05) is 17.3 Å². The number of amides is 1. The third kappa shape index (κ3) is 4.61. The summed E-state index contributed by atoms with van der Waals surface area (Å²) in [5.41, 5.74) is 1.10. The van der Waals surface area contributed by atoms with Crippen LogP contribution in [0.4, 0.5) is 10.1 Å². The largest absolute Gasteiger partial charge is 0.325 e. The molecular weight excluding hydrogens is 359 g/mol. The van der Waals surface area contributed by atoms with Gasteiger partial charge < -0.3 is 5.32 Å². The number of hydrogen-bond acceptors (Lipinski definition) is 5. The summed E-state index contributed by atoms with van der Waals surface area (Å²) in [6.45, 7) is 0. The summed E-state index contributed by atoms with van der Waals surface area (Å²) in [6.07, 6.45) is 1.98. The van der Waals surface area contributed by atoms with E-state index in [4.69, 9.17) is 0 Å². The molecule has 0 radical (unpaired) electrons. The van der Waals surface area contributed by atoms with E-state index in [1.807, 2.05) is 30.5 Å². The van der Waals surface area contributed by atoms with Gasteiger partial charge in [-0.2, -0.15) is 0 Å². The Morgan fingerprint density at radius 3 is 2.88 bits per heavy atom. The van der Waals surface area contributed by atoms with Crippen LogP contribution in [-0.2, 0) is 4.79 Å². The zero-order valence-electron chi connectivity index (χ0n) is 13.3. The SMILES string of the molecule is CSc1cccc(NC(=O)CSc2n[nH]c(-c3ccccc3F)n2)c1. The molecule has 0 fully saturated rings. The normalized spacial score (nSPS) is 10.6. The molecule has 8 heteroatoms. The van der Waals surface area contributed by atoms with Gasteiger partial charge in [-0.3, -0.25) is 9.89 Å². The second-order valence-electron chi connectivity index (χ2n) is 5.02. The molecule has 0 saturated carbocycles. The van der Waals surface area contributed by atoms with E-state index in [0.29, 0.717) is 16.5 Å². The summed E-state index contributed by atoms with van der Waals surface area (Å²) in [5.74, 6) is -0.0197. The molecule has 1 aromatic heterocycles. The number of hydrogen-bond donors (Lipinski definition) is 2. The van der Waals surface area contributed by atoms with Gasteiger partial charge in [0.15, 0.2) is 5.82 Å². The number of anilines is 1. The third-order valence-corrected chi connectivity index (χ3v) is 4.85. The second kappa shape index (κ2) is 8.17. The number of thioether (sulfide) groups is 2. The van der Waals surface area contributed by atoms with E-state index in [2.05, 4.69) is 20.5 Å². The molecule has 3 aromatic rings. The first-order valence-corrected chi connectivity index (χ1v) is 9.61. The van der Waals surface area contributed by atoms with E-state index < -0.39 is 0 Å². The molecule has 0 aliphatic rings. The number of aromatic amines is 1. The lowest BCUT2D eigenvalue weighted by molar-refractivity contribution is -0.113. The third-order valence-electron chi connectivity index (χ3n) is 3.28. The Kier molecular flexibility index (Phi) is 5.72. The van der Waals surface area contributed by atoms with Crippen molar-refractivity contribution < 1.29 is 9.18 Å². The molecule has 128 valence electrons. The number of aromatic nitrogens is 3. The highest BCUT2D eigenvalue weighted by Crippen LogP contribution is 2.22. The van der Waals surface area contributed by atoms with E-state index in [1.54, 1.807) is 30.0 Å². The average Bonchev–Trinajstić information content (AvgIpc) is 3.09. The van der Waals surface area contributed by atoms with Gasteiger partial charge >= 0.3 is 0 Å². The molecule has 0 aliphatic heterocycles. The molecule has 0 unspecified atom stereocenters. The number of carbonyl (C=O) groups excluding carboxylic acids is 1. The molecule has 0 spiro atoms. The van der Waals surface area contributed by atoms with Crippen LogP contribution in [0.2, 0.25) is 0 Å². The van der Waals surface area contributed by atoms with Crippen LogP contribution < -0.4 is 5.32 Å². The number of carbonyl (C=O) groups is 1. The molecule has 1 amide bonds. The fourth-order valence-electron chi connectivity index (χ4n) is 2.11. The molecule has 1 heterocycles. The lowest BCUT2D eigenvalue weighted by atomic mass is 10.2. The van der Waals surface area contributed by atoms with E-state index in [1.165, 1.54) is 17.8 Å². The minimum absolute atomic E-state index is 0.152. The molecule has 2 N–H and O–H groups in total. The molecule has 0 atom stereocenters. The molecular formula is C17H15FN4OS2. The zero-order chi connectivity index (χ0) is 17.6. The van der Waals surface area contributed by atoms with Crippen molar-refractivity contribution in [3.63, 3.8) is 0 Å². The Morgan fingerprint density at radius 2 is 2.08 bits per heavy atom. The zero-order valence-corrected chi connectivity index (χ0v) is 15.0. The Hall–Kier alpha value is -2.32. The number of rotatable bonds is 6. The van der Waals surface area contributed by atoms with Crippen LogP contribution in [0.3, 0.4) is 0 Å². The lowest BCUT2D eigenvalue weighted by Crippen LogP contribution is -2.14. The average molecular weight is 374 g/mol. The van der Waals surface area contributed by atoms with Crippen molar-refractivity contribution in [2.24, 2.45) is 0 Å². The highest BCUT2D eigenvalue weighted by Gasteiger charge is 2.11. The Morgan fingerprint density at radius 1 is 1.24 bits per heavy atom. The summed E-state index contributed by atoms with van der Waals surface area (Å²) in [6, 6.07) is 13.9. The van der Waals surface area contributed by atoms with Crippen molar-refractivity contribution in [1.82, 2.24) is 15.2 Å². The Labute approximate surface area is 152 Å². The monoisotopic (exact) mass is 374 g/mol. The predicted octanol–water partition coefficient (Wildman–Crippen LogP) is 4.06. The summed E-state index contributed by atoms with van der Waals surface area (Å²) in [7, 11) is 0. The quantitative estimate of drug-likeness (QED) is 0.637. The fraction of sp³-hybridized carbons (Fsp3) is 0.118. The summed E-state index contributed by atoms with van der Waals surface area (Å²) in [4.78, 5) is 17.4. The number of halogens is 1. The molecule has 0 bridgehead atoms. The van der Waals surface area contributed by atoms with Gasteiger partial charge in [-0.1, -0.05) is 30.0 Å². The van der Waals surface area contributed by atoms with E-state index in [-0.39, 0.29) is 17.5 Å². The van der Waals surface area contributed by atoms with E-state index >= 15 is 0 Å². The first-order chi connectivity index (χ1) is 12.2. The van der Waals surface area contributed by atoms with Gasteiger partial charge in [0, 0.05) is 10.6 Å². The van der Waals surface area contributed by atoms with Crippen molar-refractivity contribution in [2.45, 2.75) is 10.1 Å². The van der Waals surface area contributed by atoms with Crippen LogP contribution in [0.25, 0.3) is 11.4 Å². The summed E-state index contributed by atoms with van der Waals surface area (Å²) in [5, 5.41) is 9.94. The van der Waals surface area contributed by atoms with E-state index in [9.17, 15) is 9.18 Å². The van der Waals surface area contributed by atoms with Gasteiger partial charge in [-0.05, 0) is 36.6 Å². The van der Waals surface area contributed by atoms with Crippen molar-refractivity contribution >= 4 is 35.1 Å². The molecule has 25 heavy (non-hydrogen) atoms. The summed E-state index contributed by atoms with van der Waals surface area (Å²) >= 11 is 2.80. The highest BCUT2D eigenvalue weighted by molar-refractivity contribution is 7.99. The number of nitrogens with zero attached hydrogens (tertiary/aromatic N) is 2. The predicted molar refractivity (Wildman–Crippen MR) is 99.4 cm³/mol. The van der Waals surface area contributed by atoms with Gasteiger partial charge in [0.05, 0.1) is 11.3 Å². The van der Waals surface area contributed by atoms with Crippen LogP contribution in [0.1, 0.15) is 0 Å². The number of H-pyrrole nitrogens is 1. The highest BCUT2D eigenvalue weighted by atomic mass is 32.2. The minimum atomic E-state index is -0.374. The van der Waals surface area contributed by atoms with Crippen molar-refractivity contribution in [3.05, 3.63) is 54.3 Å². The minimum Gasteiger partial charge on any atom is -0.325 e. The van der Waals surface area contributed by atoms with Crippen LogP contribution in [0, 0.1) is 5.82 Å². The number of benzene rings is 2. The topological polar surface area (TPSA) is 70.7 Å². The van der Waals surface area contributed by atoms with Gasteiger partial charge in [-0.25, -0.2) is 9.37 Å². The molecule has 0 saturated heterocycles. The van der Waals surface area contributed by atoms with Crippen molar-refractivity contribution in [1.29, 1.82) is 0 Å². The van der Waals surface area contributed by atoms with Gasteiger partial charge in [0.2, 0.25) is 11.1 Å². The number of nitrogens with one attached hydrogen (secondary N) is 2. The van der Waals surface area contributed by atoms with Crippen LogP contribution in [-0.4, -0.2) is 33.1 Å². The molecule has 0 aliphatic carbocycles. The van der Waals surface area contributed by atoms with Gasteiger partial charge in [0.25, 0.3) is 0 Å². The van der Waals surface area contributed by atoms with Crippen molar-refractivity contribution in [3.8, 4) is 11.4 Å². The smallest absolute Gasteiger partial charge is 0.234 e. The maximum absolute atomic E-state index is 13.7. The molecule has 5 nitrogen and oxygen atoms in total. The van der Waals surface area contributed by atoms with E-state index in [0.717, 1.165) is 10.6 Å². The van der Waals surface area contributed by atoms with Crippen LogP contribution >= 0.6 is 23.5 Å². The summed E-state index contributed by atoms with van der Waals surface area (Å²) < 4.78 is 13.7. The first kappa shape index (κ1) is 17.5. The molecule has 2 aromatic carbocycles.